The second-order valence-electron chi connectivity index (χ2n) is 8.68. The lowest BCUT2D eigenvalue weighted by atomic mass is 9.95. The molecule has 0 unspecified atom stereocenters. The van der Waals surface area contributed by atoms with Crippen molar-refractivity contribution in [3.63, 3.8) is 0 Å². The zero-order chi connectivity index (χ0) is 24.3. The minimum atomic E-state index is -0.508. The monoisotopic (exact) mass is 459 g/mol. The molecule has 0 radical (unpaired) electrons. The van der Waals surface area contributed by atoms with Crippen molar-refractivity contribution in [2.45, 2.75) is 39.0 Å². The van der Waals surface area contributed by atoms with E-state index in [1.807, 2.05) is 81.4 Å². The third-order valence-corrected chi connectivity index (χ3v) is 6.62. The molecule has 2 amide bonds. The zero-order valence-corrected chi connectivity index (χ0v) is 20.2. The lowest BCUT2D eigenvalue weighted by Crippen LogP contribution is -2.30. The van der Waals surface area contributed by atoms with Gasteiger partial charge in [-0.25, -0.2) is 4.98 Å². The van der Waals surface area contributed by atoms with Gasteiger partial charge in [0.2, 0.25) is 5.91 Å². The van der Waals surface area contributed by atoms with Gasteiger partial charge in [0.1, 0.15) is 11.6 Å². The molecule has 0 saturated heterocycles. The highest BCUT2D eigenvalue weighted by atomic mass is 16.5. The van der Waals surface area contributed by atoms with Crippen molar-refractivity contribution < 1.29 is 15.8 Å². The summed E-state index contributed by atoms with van der Waals surface area (Å²) in [6.07, 6.45) is 1.62. The minimum absolute atomic E-state index is 0. The van der Waals surface area contributed by atoms with Crippen LogP contribution in [0, 0.1) is 6.92 Å². The SMILES string of the molecule is CCN(CC)C(=O)c1ccc(-c2nc(NC(=O)C3(c4ccc(OC)cc4)CC3)ccc2C)cc1.[HH]. The maximum atomic E-state index is 13.2. The number of rotatable bonds is 8. The number of pyridine rings is 1. The fourth-order valence-electron chi connectivity index (χ4n) is 4.27. The number of methoxy groups -OCH3 is 1. The smallest absolute Gasteiger partial charge is 0.253 e. The third kappa shape index (κ3) is 4.53. The van der Waals surface area contributed by atoms with Crippen LogP contribution in [0.25, 0.3) is 11.3 Å². The highest BCUT2D eigenvalue weighted by Gasteiger charge is 2.51. The van der Waals surface area contributed by atoms with E-state index >= 15 is 0 Å². The molecule has 0 spiro atoms. The molecule has 1 heterocycles. The first-order chi connectivity index (χ1) is 16.4. The maximum absolute atomic E-state index is 13.2. The Morgan fingerprint density at radius 1 is 1.00 bits per heavy atom. The molecule has 0 aliphatic heterocycles. The summed E-state index contributed by atoms with van der Waals surface area (Å²) in [7, 11) is 1.63. The molecule has 178 valence electrons. The van der Waals surface area contributed by atoms with Gasteiger partial charge in [-0.05, 0) is 75.1 Å². The maximum Gasteiger partial charge on any atom is 0.253 e. The molecule has 1 N–H and O–H groups in total. The van der Waals surface area contributed by atoms with Crippen LogP contribution in [-0.4, -0.2) is 41.9 Å². The van der Waals surface area contributed by atoms with Gasteiger partial charge in [-0.15, -0.1) is 0 Å². The summed E-state index contributed by atoms with van der Waals surface area (Å²) >= 11 is 0. The molecular formula is C28H33N3O3. The van der Waals surface area contributed by atoms with E-state index in [2.05, 4.69) is 5.32 Å². The Morgan fingerprint density at radius 2 is 1.65 bits per heavy atom. The molecular weight excluding hydrogens is 426 g/mol. The third-order valence-electron chi connectivity index (χ3n) is 6.62. The quantitative estimate of drug-likeness (QED) is 0.485. The van der Waals surface area contributed by atoms with Crippen molar-refractivity contribution in [2.75, 3.05) is 25.5 Å². The van der Waals surface area contributed by atoms with Crippen LogP contribution in [0.1, 0.15) is 49.6 Å². The molecule has 6 nitrogen and oxygen atoms in total. The van der Waals surface area contributed by atoms with Crippen LogP contribution in [0.5, 0.6) is 5.75 Å². The Morgan fingerprint density at radius 3 is 2.21 bits per heavy atom. The van der Waals surface area contributed by atoms with Gasteiger partial charge >= 0.3 is 0 Å². The number of amides is 2. The molecule has 34 heavy (non-hydrogen) atoms. The zero-order valence-electron chi connectivity index (χ0n) is 20.2. The summed E-state index contributed by atoms with van der Waals surface area (Å²) in [5.41, 5.74) is 3.83. The average Bonchev–Trinajstić information content (AvgIpc) is 3.68. The van der Waals surface area contributed by atoms with Gasteiger partial charge in [0, 0.05) is 25.6 Å². The van der Waals surface area contributed by atoms with Crippen LogP contribution in [0.4, 0.5) is 5.82 Å². The Kier molecular flexibility index (Phi) is 6.68. The van der Waals surface area contributed by atoms with Crippen molar-refractivity contribution in [1.29, 1.82) is 0 Å². The first-order valence-corrected chi connectivity index (χ1v) is 11.7. The number of anilines is 1. The molecule has 1 aromatic heterocycles. The van der Waals surface area contributed by atoms with Gasteiger partial charge in [0.05, 0.1) is 18.2 Å². The topological polar surface area (TPSA) is 71.5 Å². The first kappa shape index (κ1) is 23.5. The summed E-state index contributed by atoms with van der Waals surface area (Å²) < 4.78 is 5.24. The molecule has 3 aromatic rings. The van der Waals surface area contributed by atoms with Crippen molar-refractivity contribution >= 4 is 17.6 Å². The standard InChI is InChI=1S/C28H31N3O3.H2/c1-5-31(6-2)26(32)21-10-8-20(9-11-21)25-19(3)7-16-24(29-25)30-27(33)28(17-18-28)22-12-14-23(34-4)15-13-22;/h7-16H,5-6,17-18H2,1-4H3,(H,29,30,33);1H. The van der Waals surface area contributed by atoms with E-state index in [4.69, 9.17) is 9.72 Å². The number of nitrogens with zero attached hydrogens (tertiary/aromatic N) is 2. The van der Waals surface area contributed by atoms with Crippen molar-refractivity contribution in [3.05, 3.63) is 77.4 Å². The van der Waals surface area contributed by atoms with E-state index in [1.54, 1.807) is 12.0 Å². The largest absolute Gasteiger partial charge is 0.497 e. The fourth-order valence-corrected chi connectivity index (χ4v) is 4.27. The number of aromatic nitrogens is 1. The van der Waals surface area contributed by atoms with Crippen molar-refractivity contribution in [3.8, 4) is 17.0 Å². The van der Waals surface area contributed by atoms with Crippen LogP contribution in [-0.2, 0) is 10.2 Å². The van der Waals surface area contributed by atoms with E-state index < -0.39 is 5.41 Å². The van der Waals surface area contributed by atoms with Crippen LogP contribution >= 0.6 is 0 Å². The highest BCUT2D eigenvalue weighted by molar-refractivity contribution is 6.01. The Labute approximate surface area is 202 Å². The van der Waals surface area contributed by atoms with Gasteiger partial charge in [0.15, 0.2) is 0 Å². The molecule has 1 aliphatic carbocycles. The molecule has 1 aliphatic rings. The predicted octanol–water partition coefficient (Wildman–Crippen LogP) is 5.46. The van der Waals surface area contributed by atoms with E-state index in [0.29, 0.717) is 24.5 Å². The second kappa shape index (κ2) is 9.67. The number of carbonyl (C=O) groups excluding carboxylic acids is 2. The minimum Gasteiger partial charge on any atom is -0.497 e. The lowest BCUT2D eigenvalue weighted by molar-refractivity contribution is -0.118. The van der Waals surface area contributed by atoms with Crippen LogP contribution in [0.2, 0.25) is 0 Å². The van der Waals surface area contributed by atoms with Gasteiger partial charge < -0.3 is 15.0 Å². The van der Waals surface area contributed by atoms with Crippen LogP contribution in [0.3, 0.4) is 0 Å². The van der Waals surface area contributed by atoms with Gasteiger partial charge in [-0.1, -0.05) is 30.3 Å². The fraction of sp³-hybridized carbons (Fsp3) is 0.321. The molecule has 0 atom stereocenters. The summed E-state index contributed by atoms with van der Waals surface area (Å²) in [6.45, 7) is 7.30. The van der Waals surface area contributed by atoms with Crippen molar-refractivity contribution in [2.24, 2.45) is 0 Å². The van der Waals surface area contributed by atoms with Gasteiger partial charge in [-0.3, -0.25) is 9.59 Å². The van der Waals surface area contributed by atoms with E-state index in [9.17, 15) is 9.59 Å². The molecule has 1 fully saturated rings. The number of nitrogens with one attached hydrogen (secondary N) is 1. The number of aryl methyl sites for hydroxylation is 1. The van der Waals surface area contributed by atoms with E-state index in [-0.39, 0.29) is 13.2 Å². The highest BCUT2D eigenvalue weighted by Crippen LogP contribution is 2.49. The number of carbonyl (C=O) groups is 2. The summed E-state index contributed by atoms with van der Waals surface area (Å²) in [5, 5.41) is 3.03. The van der Waals surface area contributed by atoms with Gasteiger partial charge in [-0.2, -0.15) is 0 Å². The van der Waals surface area contributed by atoms with Crippen LogP contribution in [0.15, 0.2) is 60.7 Å². The molecule has 0 bridgehead atoms. The number of hydrogen-bond acceptors (Lipinski definition) is 4. The number of hydrogen-bond donors (Lipinski definition) is 1. The number of ether oxygens (including phenoxy) is 1. The Hall–Kier alpha value is -3.67. The first-order valence-electron chi connectivity index (χ1n) is 11.7. The van der Waals surface area contributed by atoms with Crippen molar-refractivity contribution in [1.82, 2.24) is 9.88 Å². The summed E-state index contributed by atoms with van der Waals surface area (Å²) in [4.78, 5) is 32.3. The second-order valence-corrected chi connectivity index (χ2v) is 8.68. The molecule has 2 aromatic carbocycles. The van der Waals surface area contributed by atoms with E-state index in [0.717, 1.165) is 41.0 Å². The number of benzene rings is 2. The lowest BCUT2D eigenvalue weighted by Gasteiger charge is -2.19. The molecule has 6 heteroatoms. The summed E-state index contributed by atoms with van der Waals surface area (Å²) in [6, 6.07) is 19.0. The summed E-state index contributed by atoms with van der Waals surface area (Å²) in [5.74, 6) is 1.28. The average molecular weight is 460 g/mol. The predicted molar refractivity (Wildman–Crippen MR) is 136 cm³/mol. The molecule has 1 saturated carbocycles. The van der Waals surface area contributed by atoms with Crippen LogP contribution < -0.4 is 10.1 Å². The Balaban J connectivity index is 0.00000342. The Bertz CT molecular complexity index is 1190. The normalized spacial score (nSPS) is 13.8. The molecule has 4 rings (SSSR count). The van der Waals surface area contributed by atoms with Gasteiger partial charge in [0.25, 0.3) is 5.91 Å². The van der Waals surface area contributed by atoms with E-state index in [1.165, 1.54) is 0 Å².